The van der Waals surface area contributed by atoms with Gasteiger partial charge in [-0.2, -0.15) is 0 Å². The zero-order valence-electron chi connectivity index (χ0n) is 40.2. The molecule has 374 valence electrons. The zero-order chi connectivity index (χ0) is 50.3. The maximum absolute atomic E-state index is 14.3. The second kappa shape index (κ2) is 27.6. The smallest absolute Gasteiger partial charge is 0.408 e. The second-order valence-corrected chi connectivity index (χ2v) is 18.0. The molecule has 18 nitrogen and oxygen atoms in total. The number of alkyl carbamates (subject to hydrolysis) is 1. The number of unbranched alkanes of at least 4 members (excludes halogenated alkanes) is 2. The number of amides is 6. The number of fused-ring (bicyclic) bond motifs is 1. The van der Waals surface area contributed by atoms with Gasteiger partial charge >= 0.3 is 12.1 Å². The van der Waals surface area contributed by atoms with Crippen LogP contribution in [0.3, 0.4) is 0 Å². The lowest BCUT2D eigenvalue weighted by Crippen LogP contribution is -2.57. The van der Waals surface area contributed by atoms with Crippen molar-refractivity contribution in [1.29, 1.82) is 0 Å². The third-order valence-corrected chi connectivity index (χ3v) is 11.0. The van der Waals surface area contributed by atoms with Gasteiger partial charge in [0.1, 0.15) is 41.3 Å². The van der Waals surface area contributed by atoms with Gasteiger partial charge in [0.15, 0.2) is 0 Å². The van der Waals surface area contributed by atoms with Crippen molar-refractivity contribution in [2.75, 3.05) is 13.2 Å². The fourth-order valence-corrected chi connectivity index (χ4v) is 7.47. The molecule has 1 aromatic heterocycles. The van der Waals surface area contributed by atoms with E-state index in [9.17, 15) is 43.8 Å². The topological polar surface area (TPSA) is 266 Å². The standard InChI is InChI=1S/C51H69N7O11/c1-6-8-20-40(56-48(65)42(58-50(67)69-51(3,4)5)28-33-23-25-36(59)26-24-33)46(63)53-32-44(60)55-43(29-34-31-52-39-22-14-13-19-38(34)39)49(66)57-41(21-9-7-2)47(64)54-35(30-45(61)62)16-15-27-68-37-17-11-10-12-18-37/h10-14,17-19,22-26,31,35,40-43,52,59H,6-9,15-16,20-21,27-30,32H2,1-5H3,(H,53,63)(H,54,64)(H,55,60)(H,56,65)(H,57,66)(H,58,67)(H,61,62)/t35-,40-,41-,42-,43+/m0/s1. The molecule has 0 saturated carbocycles. The third kappa shape index (κ3) is 19.6. The quantitative estimate of drug-likeness (QED) is 0.0329. The van der Waals surface area contributed by atoms with E-state index < -0.39 is 84.0 Å². The molecule has 18 heteroatoms. The number of nitrogens with one attached hydrogen (secondary N) is 7. The number of aliphatic carboxylic acids is 1. The summed E-state index contributed by atoms with van der Waals surface area (Å²) in [6, 6.07) is 17.3. The van der Waals surface area contributed by atoms with E-state index >= 15 is 0 Å². The Morgan fingerprint density at radius 1 is 0.652 bits per heavy atom. The van der Waals surface area contributed by atoms with Crippen molar-refractivity contribution >= 4 is 52.5 Å². The van der Waals surface area contributed by atoms with Crippen molar-refractivity contribution in [3.05, 3.63) is 96.2 Å². The maximum Gasteiger partial charge on any atom is 0.408 e. The number of phenolic OH excluding ortho intramolecular Hbond substituents is 1. The Morgan fingerprint density at radius 2 is 1.25 bits per heavy atom. The number of benzene rings is 3. The molecule has 0 saturated heterocycles. The number of hydrogen-bond acceptors (Lipinski definition) is 10. The molecule has 0 fully saturated rings. The first-order chi connectivity index (χ1) is 32.9. The largest absolute Gasteiger partial charge is 0.508 e. The van der Waals surface area contributed by atoms with Gasteiger partial charge in [-0.25, -0.2) is 4.79 Å². The number of carboxylic acid groups (broad SMARTS) is 1. The van der Waals surface area contributed by atoms with Gasteiger partial charge < -0.3 is 56.6 Å². The van der Waals surface area contributed by atoms with Crippen LogP contribution in [0, 0.1) is 0 Å². The second-order valence-electron chi connectivity index (χ2n) is 18.0. The number of aromatic nitrogens is 1. The summed E-state index contributed by atoms with van der Waals surface area (Å²) >= 11 is 0. The van der Waals surface area contributed by atoms with Crippen molar-refractivity contribution in [2.45, 2.75) is 141 Å². The summed E-state index contributed by atoms with van der Waals surface area (Å²) in [6.07, 6.45) is 4.21. The molecule has 6 amide bonds. The molecular weight excluding hydrogens is 887 g/mol. The van der Waals surface area contributed by atoms with Crippen LogP contribution in [0.4, 0.5) is 4.79 Å². The van der Waals surface area contributed by atoms with Crippen LogP contribution in [0.2, 0.25) is 0 Å². The average molecular weight is 956 g/mol. The molecule has 1 heterocycles. The molecule has 0 aliphatic heterocycles. The fraction of sp³-hybridized carbons (Fsp3) is 0.471. The minimum Gasteiger partial charge on any atom is -0.508 e. The normalized spacial score (nSPS) is 13.4. The molecule has 4 aromatic rings. The van der Waals surface area contributed by atoms with Crippen LogP contribution in [0.5, 0.6) is 11.5 Å². The van der Waals surface area contributed by atoms with E-state index in [4.69, 9.17) is 9.47 Å². The summed E-state index contributed by atoms with van der Waals surface area (Å²) in [4.78, 5) is 97.2. The molecular formula is C51H69N7O11. The highest BCUT2D eigenvalue weighted by Gasteiger charge is 2.31. The van der Waals surface area contributed by atoms with Crippen LogP contribution in [-0.4, -0.2) is 106 Å². The molecule has 0 aliphatic carbocycles. The van der Waals surface area contributed by atoms with Crippen LogP contribution >= 0.6 is 0 Å². The Morgan fingerprint density at radius 3 is 1.87 bits per heavy atom. The van der Waals surface area contributed by atoms with Gasteiger partial charge in [-0.15, -0.1) is 0 Å². The first-order valence-electron chi connectivity index (χ1n) is 23.6. The first kappa shape index (κ1) is 54.5. The lowest BCUT2D eigenvalue weighted by atomic mass is 10.0. The first-order valence-corrected chi connectivity index (χ1v) is 23.6. The molecule has 0 radical (unpaired) electrons. The minimum absolute atomic E-state index is 0.00293. The Balaban J connectivity index is 1.48. The maximum atomic E-state index is 14.3. The van der Waals surface area contributed by atoms with E-state index in [2.05, 4.69) is 36.9 Å². The summed E-state index contributed by atoms with van der Waals surface area (Å²) in [5, 5.41) is 36.5. The van der Waals surface area contributed by atoms with Gasteiger partial charge in [0.25, 0.3) is 0 Å². The number of carbonyl (C=O) groups is 7. The van der Waals surface area contributed by atoms with E-state index in [1.54, 1.807) is 39.1 Å². The number of aromatic amines is 1. The lowest BCUT2D eigenvalue weighted by molar-refractivity contribution is -0.138. The predicted octanol–water partition coefficient (Wildman–Crippen LogP) is 5.32. The van der Waals surface area contributed by atoms with E-state index in [1.807, 2.05) is 68.4 Å². The van der Waals surface area contributed by atoms with Gasteiger partial charge in [-0.3, -0.25) is 28.8 Å². The molecule has 4 rings (SSSR count). The van der Waals surface area contributed by atoms with Crippen molar-refractivity contribution in [3.8, 4) is 11.5 Å². The number of carbonyl (C=O) groups excluding carboxylic acids is 6. The minimum atomic E-state index is -1.23. The van der Waals surface area contributed by atoms with Gasteiger partial charge in [0.2, 0.25) is 29.5 Å². The number of carboxylic acids is 1. The van der Waals surface area contributed by atoms with Crippen LogP contribution in [0.15, 0.2) is 85.1 Å². The van der Waals surface area contributed by atoms with Gasteiger partial charge in [-0.05, 0) is 87.9 Å². The van der Waals surface area contributed by atoms with Crippen LogP contribution in [0.25, 0.3) is 10.9 Å². The molecule has 0 aliphatic rings. The summed E-state index contributed by atoms with van der Waals surface area (Å²) in [5.74, 6) is -3.74. The summed E-state index contributed by atoms with van der Waals surface area (Å²) in [5.41, 5.74) is 1.26. The van der Waals surface area contributed by atoms with E-state index in [1.165, 1.54) is 12.1 Å². The van der Waals surface area contributed by atoms with Crippen LogP contribution in [-0.2, 0) is 46.3 Å². The lowest BCUT2D eigenvalue weighted by Gasteiger charge is -2.26. The number of H-pyrrole nitrogens is 1. The highest BCUT2D eigenvalue weighted by atomic mass is 16.6. The zero-order valence-corrected chi connectivity index (χ0v) is 40.2. The number of aromatic hydroxyl groups is 1. The predicted molar refractivity (Wildman–Crippen MR) is 260 cm³/mol. The van der Waals surface area contributed by atoms with Crippen LogP contribution in [0.1, 0.15) is 104 Å². The number of para-hydroxylation sites is 2. The Bertz CT molecular complexity index is 2300. The Kier molecular flexibility index (Phi) is 21.8. The molecule has 0 spiro atoms. The molecule has 0 unspecified atom stereocenters. The number of ether oxygens (including phenoxy) is 2. The Hall–Kier alpha value is -7.11. The van der Waals surface area contributed by atoms with Crippen molar-refractivity contribution < 1.29 is 53.2 Å². The molecule has 69 heavy (non-hydrogen) atoms. The van der Waals surface area contributed by atoms with Gasteiger partial charge in [-0.1, -0.05) is 88.1 Å². The van der Waals surface area contributed by atoms with Crippen molar-refractivity contribution in [1.82, 2.24) is 36.9 Å². The average Bonchev–Trinajstić information content (AvgIpc) is 3.71. The van der Waals surface area contributed by atoms with Crippen LogP contribution < -0.4 is 36.6 Å². The SMILES string of the molecule is CCCC[C@H](NC(=O)[C@H](Cc1ccc(O)cc1)NC(=O)OC(C)(C)C)C(=O)NCC(=O)N[C@H](Cc1c[nH]c2ccccc12)C(=O)N[C@@H](CCCC)C(=O)N[C@@H](CCCOc1ccccc1)CC(=O)O. The van der Waals surface area contributed by atoms with Gasteiger partial charge in [0, 0.05) is 36.0 Å². The molecule has 5 atom stereocenters. The van der Waals surface area contributed by atoms with Crippen molar-refractivity contribution in [2.24, 2.45) is 0 Å². The number of phenols is 1. The van der Waals surface area contributed by atoms with Gasteiger partial charge in [0.05, 0.1) is 19.6 Å². The summed E-state index contributed by atoms with van der Waals surface area (Å²) in [6.45, 7) is 8.60. The Labute approximate surface area is 403 Å². The summed E-state index contributed by atoms with van der Waals surface area (Å²) in [7, 11) is 0. The van der Waals surface area contributed by atoms with Crippen molar-refractivity contribution in [3.63, 3.8) is 0 Å². The molecule has 9 N–H and O–H groups in total. The monoisotopic (exact) mass is 956 g/mol. The summed E-state index contributed by atoms with van der Waals surface area (Å²) < 4.78 is 11.2. The fourth-order valence-electron chi connectivity index (χ4n) is 7.47. The van der Waals surface area contributed by atoms with E-state index in [-0.39, 0.29) is 37.9 Å². The third-order valence-electron chi connectivity index (χ3n) is 11.0. The highest BCUT2D eigenvalue weighted by Crippen LogP contribution is 2.20. The molecule has 3 aromatic carbocycles. The number of rotatable bonds is 28. The highest BCUT2D eigenvalue weighted by molar-refractivity contribution is 5.96. The molecule has 0 bridgehead atoms. The number of hydrogen-bond donors (Lipinski definition) is 9. The van der Waals surface area contributed by atoms with E-state index in [0.717, 1.165) is 10.9 Å². The van der Waals surface area contributed by atoms with E-state index in [0.29, 0.717) is 62.0 Å².